The Balaban J connectivity index is 1.85. The van der Waals surface area contributed by atoms with Crippen molar-refractivity contribution in [2.45, 2.75) is 32.7 Å². The van der Waals surface area contributed by atoms with Crippen LogP contribution in [0.15, 0.2) is 82.2 Å². The highest BCUT2D eigenvalue weighted by Gasteiger charge is 2.37. The smallest absolute Gasteiger partial charge is 0.338 e. The number of rotatable bonds is 8. The minimum absolute atomic E-state index is 0.186. The van der Waals surface area contributed by atoms with Gasteiger partial charge in [-0.1, -0.05) is 61.1 Å². The summed E-state index contributed by atoms with van der Waals surface area (Å²) in [5.41, 5.74) is 2.94. The summed E-state index contributed by atoms with van der Waals surface area (Å²) in [6.07, 6.45) is 2.93. The van der Waals surface area contributed by atoms with Gasteiger partial charge in [0.25, 0.3) is 11.5 Å². The minimum Gasteiger partial charge on any atom is -0.497 e. The molecule has 3 aromatic rings. The summed E-state index contributed by atoms with van der Waals surface area (Å²) in [5.74, 6) is -0.192. The van der Waals surface area contributed by atoms with Crippen LogP contribution < -0.4 is 24.5 Å². The van der Waals surface area contributed by atoms with E-state index in [-0.39, 0.29) is 22.6 Å². The number of nitrogens with zero attached hydrogens (tertiary/aromatic N) is 3. The fraction of sp³-hybridized carbons (Fsp3) is 0.267. The first-order valence-electron chi connectivity index (χ1n) is 12.9. The van der Waals surface area contributed by atoms with Gasteiger partial charge in [0.05, 0.1) is 42.3 Å². The fourth-order valence-corrected chi connectivity index (χ4v) is 6.22. The molecular weight excluding hydrogens is 514 g/mol. The Morgan fingerprint density at radius 3 is 2.67 bits per heavy atom. The number of carbonyl (C=O) groups is 2. The highest BCUT2D eigenvalue weighted by molar-refractivity contribution is 7.07. The number of ether oxygens (including phenoxy) is 2. The van der Waals surface area contributed by atoms with E-state index in [0.29, 0.717) is 51.5 Å². The quantitative estimate of drug-likeness (QED) is 0.321. The van der Waals surface area contributed by atoms with Gasteiger partial charge in [-0.15, -0.1) is 6.58 Å². The first kappa shape index (κ1) is 26.4. The maximum atomic E-state index is 14.2. The molecule has 3 heterocycles. The lowest BCUT2D eigenvalue weighted by Gasteiger charge is -2.26. The number of esters is 1. The SMILES string of the molecule is C=CCN1C(=O)/C(=c2/sc3n(c2=O)[C@@H](c2cccc(OC)c2)C(C(=O)OCC)=C(CCC)N=3)c2ccccc21. The molecule has 1 atom stereocenters. The molecule has 9 heteroatoms. The Labute approximate surface area is 229 Å². The maximum absolute atomic E-state index is 14.2. The number of fused-ring (bicyclic) bond motifs is 2. The number of carbonyl (C=O) groups excluding carboxylic acids is 2. The number of hydrogen-bond acceptors (Lipinski definition) is 7. The van der Waals surface area contributed by atoms with E-state index in [4.69, 9.17) is 14.5 Å². The number of methoxy groups -OCH3 is 1. The van der Waals surface area contributed by atoms with Crippen molar-refractivity contribution < 1.29 is 19.1 Å². The lowest BCUT2D eigenvalue weighted by molar-refractivity contribution is -0.139. The van der Waals surface area contributed by atoms with E-state index in [1.807, 2.05) is 43.3 Å². The highest BCUT2D eigenvalue weighted by atomic mass is 32.1. The standard InChI is InChI=1S/C30H29N3O5S/c1-5-11-21-24(29(36)38-7-3)25(18-12-10-13-19(17-18)37-4)33-28(35)26(39-30(33)31-21)23-20-14-8-9-15-22(20)32(16-6-2)27(23)34/h6,8-10,12-15,17,25H,2,5,7,11,16H2,1,3-4H3/b26-23+/t25-/m0/s1. The fourth-order valence-electron chi connectivity index (χ4n) is 5.11. The molecule has 5 rings (SSSR count). The van der Waals surface area contributed by atoms with E-state index in [1.54, 1.807) is 37.1 Å². The van der Waals surface area contributed by atoms with Gasteiger partial charge in [0.15, 0.2) is 4.80 Å². The van der Waals surface area contributed by atoms with Gasteiger partial charge in [-0.3, -0.25) is 14.2 Å². The Bertz CT molecular complexity index is 1700. The van der Waals surface area contributed by atoms with Crippen LogP contribution in [-0.2, 0) is 14.3 Å². The van der Waals surface area contributed by atoms with Crippen LogP contribution >= 0.6 is 11.3 Å². The van der Waals surface area contributed by atoms with Crippen LogP contribution in [0.5, 0.6) is 5.75 Å². The second-order valence-electron chi connectivity index (χ2n) is 9.11. The Hall–Kier alpha value is -4.24. The molecule has 1 aromatic heterocycles. The molecule has 0 radical (unpaired) electrons. The predicted molar refractivity (Wildman–Crippen MR) is 151 cm³/mol. The zero-order chi connectivity index (χ0) is 27.7. The van der Waals surface area contributed by atoms with E-state index in [0.717, 1.165) is 12.1 Å². The van der Waals surface area contributed by atoms with E-state index < -0.39 is 12.0 Å². The van der Waals surface area contributed by atoms with Crippen molar-refractivity contribution in [2.75, 3.05) is 25.2 Å². The molecule has 0 saturated carbocycles. The topological polar surface area (TPSA) is 90.2 Å². The molecule has 0 bridgehead atoms. The molecule has 1 amide bonds. The summed E-state index contributed by atoms with van der Waals surface area (Å²) in [5, 5.41) is 0. The molecule has 0 spiro atoms. The van der Waals surface area contributed by atoms with Gasteiger partial charge in [0.1, 0.15) is 10.3 Å². The molecule has 200 valence electrons. The second-order valence-corrected chi connectivity index (χ2v) is 10.1. The zero-order valence-corrected chi connectivity index (χ0v) is 22.9. The number of para-hydroxylation sites is 1. The normalized spacial score (nSPS) is 17.5. The average Bonchev–Trinajstić information content (AvgIpc) is 3.41. The van der Waals surface area contributed by atoms with Crippen LogP contribution in [0.1, 0.15) is 43.9 Å². The number of allylic oxidation sites excluding steroid dienone is 1. The van der Waals surface area contributed by atoms with Gasteiger partial charge in [-0.25, -0.2) is 9.79 Å². The zero-order valence-electron chi connectivity index (χ0n) is 22.1. The third kappa shape index (κ3) is 4.42. The molecule has 2 aliphatic rings. The van der Waals surface area contributed by atoms with Crippen molar-refractivity contribution in [3.8, 4) is 5.75 Å². The van der Waals surface area contributed by atoms with Crippen molar-refractivity contribution in [3.63, 3.8) is 0 Å². The Morgan fingerprint density at radius 1 is 1.15 bits per heavy atom. The number of anilines is 1. The number of hydrogen-bond donors (Lipinski definition) is 0. The van der Waals surface area contributed by atoms with Crippen LogP contribution in [-0.4, -0.2) is 36.7 Å². The average molecular weight is 544 g/mol. The lowest BCUT2D eigenvalue weighted by Crippen LogP contribution is -2.41. The Kier molecular flexibility index (Phi) is 7.34. The van der Waals surface area contributed by atoms with E-state index in [1.165, 1.54) is 15.9 Å². The predicted octanol–water partition coefficient (Wildman–Crippen LogP) is 3.49. The van der Waals surface area contributed by atoms with Crippen molar-refractivity contribution >= 4 is 34.5 Å². The van der Waals surface area contributed by atoms with Crippen molar-refractivity contribution in [2.24, 2.45) is 4.99 Å². The van der Waals surface area contributed by atoms with Gasteiger partial charge in [0, 0.05) is 12.1 Å². The van der Waals surface area contributed by atoms with Crippen molar-refractivity contribution in [1.82, 2.24) is 4.57 Å². The highest BCUT2D eigenvalue weighted by Crippen LogP contribution is 2.36. The summed E-state index contributed by atoms with van der Waals surface area (Å²) in [7, 11) is 1.56. The van der Waals surface area contributed by atoms with Crippen LogP contribution in [0.4, 0.5) is 5.69 Å². The van der Waals surface area contributed by atoms with Gasteiger partial charge in [-0.2, -0.15) is 0 Å². The lowest BCUT2D eigenvalue weighted by atomic mass is 9.94. The van der Waals surface area contributed by atoms with Crippen LogP contribution in [0, 0.1) is 0 Å². The van der Waals surface area contributed by atoms with Crippen LogP contribution in [0.25, 0.3) is 5.57 Å². The number of aromatic nitrogens is 1. The molecule has 0 aliphatic carbocycles. The maximum Gasteiger partial charge on any atom is 0.338 e. The van der Waals surface area contributed by atoms with Gasteiger partial charge >= 0.3 is 5.97 Å². The molecule has 39 heavy (non-hydrogen) atoms. The van der Waals surface area contributed by atoms with Gasteiger partial charge in [-0.05, 0) is 37.1 Å². The first-order valence-corrected chi connectivity index (χ1v) is 13.7. The second kappa shape index (κ2) is 10.9. The first-order chi connectivity index (χ1) is 18.9. The summed E-state index contributed by atoms with van der Waals surface area (Å²) >= 11 is 1.17. The summed E-state index contributed by atoms with van der Waals surface area (Å²) in [6.45, 7) is 8.03. The molecule has 0 saturated heterocycles. The third-order valence-corrected chi connectivity index (χ3v) is 7.79. The van der Waals surface area contributed by atoms with Crippen molar-refractivity contribution in [3.05, 3.63) is 103 Å². The third-order valence-electron chi connectivity index (χ3n) is 6.74. The van der Waals surface area contributed by atoms with E-state index in [9.17, 15) is 14.4 Å². The van der Waals surface area contributed by atoms with Crippen LogP contribution in [0.2, 0.25) is 0 Å². The molecule has 0 N–H and O–H groups in total. The number of thiazole rings is 1. The molecule has 2 aromatic carbocycles. The molecule has 2 aliphatic heterocycles. The molecule has 0 fully saturated rings. The summed E-state index contributed by atoms with van der Waals surface area (Å²) in [6, 6.07) is 13.9. The van der Waals surface area contributed by atoms with Crippen molar-refractivity contribution in [1.29, 1.82) is 0 Å². The van der Waals surface area contributed by atoms with Gasteiger partial charge in [0.2, 0.25) is 0 Å². The monoisotopic (exact) mass is 543 g/mol. The van der Waals surface area contributed by atoms with Crippen LogP contribution in [0.3, 0.4) is 0 Å². The largest absolute Gasteiger partial charge is 0.497 e. The number of benzene rings is 2. The number of amides is 1. The molecular formula is C30H29N3O5S. The van der Waals surface area contributed by atoms with E-state index >= 15 is 0 Å². The summed E-state index contributed by atoms with van der Waals surface area (Å²) < 4.78 is 12.7. The minimum atomic E-state index is -0.790. The summed E-state index contributed by atoms with van der Waals surface area (Å²) in [4.78, 5) is 48.1. The Morgan fingerprint density at radius 2 is 1.95 bits per heavy atom. The molecule has 0 unspecified atom stereocenters. The van der Waals surface area contributed by atoms with E-state index in [2.05, 4.69) is 6.58 Å². The van der Waals surface area contributed by atoms with Gasteiger partial charge < -0.3 is 14.4 Å². The molecule has 8 nitrogen and oxygen atoms in total.